The van der Waals surface area contributed by atoms with Crippen LogP contribution in [0.2, 0.25) is 0 Å². The molecule has 0 radical (unpaired) electrons. The van der Waals surface area contributed by atoms with Crippen molar-refractivity contribution in [3.63, 3.8) is 0 Å². The number of carbonyl (C=O) groups excluding carboxylic acids is 1. The summed E-state index contributed by atoms with van der Waals surface area (Å²) in [7, 11) is 0. The number of carbonyl (C=O) groups is 1. The lowest BCUT2D eigenvalue weighted by molar-refractivity contribution is 0.238. The van der Waals surface area contributed by atoms with Crippen LogP contribution in [0.25, 0.3) is 0 Å². The van der Waals surface area contributed by atoms with Crippen LogP contribution >= 0.6 is 0 Å². The zero-order valence-corrected chi connectivity index (χ0v) is 9.16. The van der Waals surface area contributed by atoms with Gasteiger partial charge in [-0.3, -0.25) is 0 Å². The molecule has 2 heterocycles. The molecule has 0 saturated carbocycles. The van der Waals surface area contributed by atoms with Crippen LogP contribution in [0.3, 0.4) is 0 Å². The highest BCUT2D eigenvalue weighted by Crippen LogP contribution is 2.05. The minimum Gasteiger partial charge on any atom is -0.467 e. The molecule has 1 fully saturated rings. The average Bonchev–Trinajstić information content (AvgIpc) is 2.96. The minimum atomic E-state index is -0.136. The van der Waals surface area contributed by atoms with E-state index in [2.05, 4.69) is 16.0 Å². The van der Waals surface area contributed by atoms with Crippen molar-refractivity contribution in [2.45, 2.75) is 13.0 Å². The normalized spacial score (nSPS) is 19.6. The Morgan fingerprint density at radius 1 is 1.56 bits per heavy atom. The fraction of sp³-hybridized carbons (Fsp3) is 0.545. The fourth-order valence-electron chi connectivity index (χ4n) is 1.77. The van der Waals surface area contributed by atoms with Gasteiger partial charge < -0.3 is 20.4 Å². The largest absolute Gasteiger partial charge is 0.467 e. The predicted octanol–water partition coefficient (Wildman–Crippen LogP) is 0.688. The Morgan fingerprint density at radius 2 is 2.50 bits per heavy atom. The summed E-state index contributed by atoms with van der Waals surface area (Å²) in [4.78, 5) is 11.4. The summed E-state index contributed by atoms with van der Waals surface area (Å²) < 4.78 is 5.11. The Balaban J connectivity index is 1.60. The number of hydrogen-bond acceptors (Lipinski definition) is 3. The van der Waals surface area contributed by atoms with E-state index in [0.29, 0.717) is 12.5 Å². The van der Waals surface area contributed by atoms with Crippen molar-refractivity contribution in [2.75, 3.05) is 19.6 Å². The lowest BCUT2D eigenvalue weighted by Crippen LogP contribution is -2.38. The molecule has 1 saturated heterocycles. The number of amides is 2. The van der Waals surface area contributed by atoms with Gasteiger partial charge in [0.2, 0.25) is 0 Å². The Hall–Kier alpha value is -1.49. The molecule has 2 rings (SSSR count). The lowest BCUT2D eigenvalue weighted by Gasteiger charge is -2.10. The zero-order valence-electron chi connectivity index (χ0n) is 9.16. The SMILES string of the molecule is O=C(NCc1ccco1)NCC1CCNC1. The fourth-order valence-corrected chi connectivity index (χ4v) is 1.77. The van der Waals surface area contributed by atoms with E-state index in [0.717, 1.165) is 31.8 Å². The van der Waals surface area contributed by atoms with E-state index in [1.165, 1.54) is 0 Å². The van der Waals surface area contributed by atoms with Gasteiger partial charge in [-0.15, -0.1) is 0 Å². The maximum Gasteiger partial charge on any atom is 0.315 e. The van der Waals surface area contributed by atoms with Crippen LogP contribution in [0.1, 0.15) is 12.2 Å². The molecular weight excluding hydrogens is 206 g/mol. The van der Waals surface area contributed by atoms with E-state index in [1.54, 1.807) is 12.3 Å². The molecule has 1 aliphatic rings. The molecule has 1 aromatic heterocycles. The first-order chi connectivity index (χ1) is 7.84. The van der Waals surface area contributed by atoms with Crippen molar-refractivity contribution in [3.8, 4) is 0 Å². The number of hydrogen-bond donors (Lipinski definition) is 3. The van der Waals surface area contributed by atoms with E-state index in [4.69, 9.17) is 4.42 Å². The minimum absolute atomic E-state index is 0.136. The average molecular weight is 223 g/mol. The second kappa shape index (κ2) is 5.55. The highest BCUT2D eigenvalue weighted by atomic mass is 16.3. The number of furan rings is 1. The molecule has 0 aliphatic carbocycles. The smallest absolute Gasteiger partial charge is 0.315 e. The van der Waals surface area contributed by atoms with Gasteiger partial charge in [0.05, 0.1) is 12.8 Å². The summed E-state index contributed by atoms with van der Waals surface area (Å²) in [6.45, 7) is 3.22. The van der Waals surface area contributed by atoms with Gasteiger partial charge in [-0.05, 0) is 37.6 Å². The van der Waals surface area contributed by atoms with Crippen LogP contribution < -0.4 is 16.0 Å². The van der Waals surface area contributed by atoms with E-state index in [9.17, 15) is 4.79 Å². The van der Waals surface area contributed by atoms with Crippen molar-refractivity contribution < 1.29 is 9.21 Å². The van der Waals surface area contributed by atoms with Crippen molar-refractivity contribution in [2.24, 2.45) is 5.92 Å². The Kier molecular flexibility index (Phi) is 3.82. The van der Waals surface area contributed by atoms with E-state index in [-0.39, 0.29) is 6.03 Å². The van der Waals surface area contributed by atoms with E-state index in [1.807, 2.05) is 6.07 Å². The Morgan fingerprint density at radius 3 is 3.19 bits per heavy atom. The van der Waals surface area contributed by atoms with Crippen molar-refractivity contribution >= 4 is 6.03 Å². The van der Waals surface area contributed by atoms with Gasteiger partial charge in [0.15, 0.2) is 0 Å². The van der Waals surface area contributed by atoms with Crippen molar-refractivity contribution in [1.29, 1.82) is 0 Å². The van der Waals surface area contributed by atoms with E-state index < -0.39 is 0 Å². The summed E-state index contributed by atoms with van der Waals surface area (Å²) in [6, 6.07) is 3.50. The van der Waals surface area contributed by atoms with Crippen molar-refractivity contribution in [1.82, 2.24) is 16.0 Å². The maximum atomic E-state index is 11.4. The zero-order chi connectivity index (χ0) is 11.2. The first-order valence-corrected chi connectivity index (χ1v) is 5.59. The van der Waals surface area contributed by atoms with Gasteiger partial charge in [-0.2, -0.15) is 0 Å². The third-order valence-electron chi connectivity index (χ3n) is 2.72. The quantitative estimate of drug-likeness (QED) is 0.703. The topological polar surface area (TPSA) is 66.3 Å². The molecule has 1 unspecified atom stereocenters. The van der Waals surface area contributed by atoms with Crippen LogP contribution in [-0.4, -0.2) is 25.7 Å². The molecule has 16 heavy (non-hydrogen) atoms. The molecule has 0 bridgehead atoms. The summed E-state index contributed by atoms with van der Waals surface area (Å²) in [6.07, 6.45) is 2.73. The predicted molar refractivity (Wildman–Crippen MR) is 59.9 cm³/mol. The highest BCUT2D eigenvalue weighted by molar-refractivity contribution is 5.73. The maximum absolute atomic E-state index is 11.4. The summed E-state index contributed by atoms with van der Waals surface area (Å²) in [5.74, 6) is 1.33. The molecule has 88 valence electrons. The monoisotopic (exact) mass is 223 g/mol. The third kappa shape index (κ3) is 3.27. The first kappa shape index (κ1) is 11.0. The van der Waals surface area contributed by atoms with Crippen LogP contribution in [0.15, 0.2) is 22.8 Å². The molecule has 5 nitrogen and oxygen atoms in total. The molecule has 2 amide bonds. The van der Waals surface area contributed by atoms with Gasteiger partial charge in [-0.1, -0.05) is 0 Å². The number of nitrogens with one attached hydrogen (secondary N) is 3. The molecule has 0 aromatic carbocycles. The van der Waals surface area contributed by atoms with Gasteiger partial charge >= 0.3 is 6.03 Å². The second-order valence-electron chi connectivity index (χ2n) is 4.00. The molecule has 1 atom stereocenters. The van der Waals surface area contributed by atoms with E-state index >= 15 is 0 Å². The molecule has 3 N–H and O–H groups in total. The van der Waals surface area contributed by atoms with Gasteiger partial charge in [0.25, 0.3) is 0 Å². The second-order valence-corrected chi connectivity index (χ2v) is 4.00. The van der Waals surface area contributed by atoms with Gasteiger partial charge in [-0.25, -0.2) is 4.79 Å². The molecule has 0 spiro atoms. The highest BCUT2D eigenvalue weighted by Gasteiger charge is 2.14. The third-order valence-corrected chi connectivity index (χ3v) is 2.72. The standard InChI is InChI=1S/C11H17N3O2/c15-11(13-7-9-3-4-12-6-9)14-8-10-2-1-5-16-10/h1-2,5,9,12H,3-4,6-8H2,(H2,13,14,15). The molecular formula is C11H17N3O2. The van der Waals surface area contributed by atoms with Crippen LogP contribution in [0, 0.1) is 5.92 Å². The number of urea groups is 1. The molecule has 1 aromatic rings. The van der Waals surface area contributed by atoms with Gasteiger partial charge in [0, 0.05) is 6.54 Å². The Bertz CT molecular complexity index is 318. The van der Waals surface area contributed by atoms with Crippen LogP contribution in [0.4, 0.5) is 4.79 Å². The van der Waals surface area contributed by atoms with Crippen LogP contribution in [0.5, 0.6) is 0 Å². The summed E-state index contributed by atoms with van der Waals surface area (Å²) in [5, 5.41) is 8.86. The molecule has 1 aliphatic heterocycles. The van der Waals surface area contributed by atoms with Crippen LogP contribution in [-0.2, 0) is 6.54 Å². The Labute approximate surface area is 94.6 Å². The lowest BCUT2D eigenvalue weighted by atomic mass is 10.1. The summed E-state index contributed by atoms with van der Waals surface area (Å²) in [5.41, 5.74) is 0. The number of rotatable bonds is 4. The molecule has 5 heteroatoms. The first-order valence-electron chi connectivity index (χ1n) is 5.59. The van der Waals surface area contributed by atoms with Gasteiger partial charge in [0.1, 0.15) is 5.76 Å². The summed E-state index contributed by atoms with van der Waals surface area (Å²) >= 11 is 0. The van der Waals surface area contributed by atoms with Crippen molar-refractivity contribution in [3.05, 3.63) is 24.2 Å².